The van der Waals surface area contributed by atoms with E-state index in [1.54, 1.807) is 30.7 Å². The smallest absolute Gasteiger partial charge is 0.279 e. The molecule has 4 heterocycles. The van der Waals surface area contributed by atoms with Crippen molar-refractivity contribution in [2.75, 3.05) is 23.3 Å². The normalized spacial score (nSPS) is 14.2. The number of nitrogens with one attached hydrogen (secondary N) is 1. The quantitative estimate of drug-likeness (QED) is 0.777. The van der Waals surface area contributed by atoms with Gasteiger partial charge in [-0.2, -0.15) is 0 Å². The molecule has 1 amide bonds. The van der Waals surface area contributed by atoms with Crippen molar-refractivity contribution < 1.29 is 9.32 Å². The van der Waals surface area contributed by atoms with E-state index >= 15 is 0 Å². The molecule has 0 radical (unpaired) electrons. The van der Waals surface area contributed by atoms with Crippen LogP contribution >= 0.6 is 0 Å². The average Bonchev–Trinajstić information content (AvgIpc) is 3.20. The number of pyridine rings is 2. The van der Waals surface area contributed by atoms with E-state index in [-0.39, 0.29) is 11.6 Å². The molecule has 0 aromatic carbocycles. The Morgan fingerprint density at radius 2 is 2.00 bits per heavy atom. The highest BCUT2D eigenvalue weighted by Gasteiger charge is 2.15. The molecule has 4 rings (SSSR count). The van der Waals surface area contributed by atoms with Gasteiger partial charge in [0.25, 0.3) is 5.91 Å². The number of piperidine rings is 1. The van der Waals surface area contributed by atoms with Crippen molar-refractivity contribution >= 4 is 17.4 Å². The first-order chi connectivity index (χ1) is 12.8. The van der Waals surface area contributed by atoms with Crippen molar-refractivity contribution in [1.29, 1.82) is 0 Å². The van der Waals surface area contributed by atoms with Crippen LogP contribution in [-0.4, -0.2) is 34.1 Å². The van der Waals surface area contributed by atoms with E-state index < -0.39 is 0 Å². The van der Waals surface area contributed by atoms with Crippen molar-refractivity contribution in [2.45, 2.75) is 19.3 Å². The van der Waals surface area contributed by atoms with Crippen molar-refractivity contribution in [3.63, 3.8) is 0 Å². The van der Waals surface area contributed by atoms with Crippen LogP contribution in [0.4, 0.5) is 11.5 Å². The Bertz CT molecular complexity index is 870. The van der Waals surface area contributed by atoms with Crippen LogP contribution in [0.2, 0.25) is 0 Å². The van der Waals surface area contributed by atoms with Gasteiger partial charge < -0.3 is 14.7 Å². The molecule has 7 nitrogen and oxygen atoms in total. The Morgan fingerprint density at radius 3 is 2.73 bits per heavy atom. The summed E-state index contributed by atoms with van der Waals surface area (Å²) in [6.07, 6.45) is 8.84. The highest BCUT2D eigenvalue weighted by Crippen LogP contribution is 2.21. The number of carbonyl (C=O) groups is 1. The summed E-state index contributed by atoms with van der Waals surface area (Å²) in [5.74, 6) is 0.625. The molecule has 0 unspecified atom stereocenters. The maximum absolute atomic E-state index is 12.3. The van der Waals surface area contributed by atoms with Gasteiger partial charge in [0, 0.05) is 37.1 Å². The second kappa shape index (κ2) is 7.35. The van der Waals surface area contributed by atoms with Crippen LogP contribution in [0.15, 0.2) is 53.4 Å². The summed E-state index contributed by atoms with van der Waals surface area (Å²) < 4.78 is 5.23. The monoisotopic (exact) mass is 349 g/mol. The molecule has 0 atom stereocenters. The van der Waals surface area contributed by atoms with Crippen LogP contribution in [0.25, 0.3) is 11.3 Å². The topological polar surface area (TPSA) is 84.2 Å². The lowest BCUT2D eigenvalue weighted by Gasteiger charge is -2.28. The molecular formula is C19H19N5O2. The summed E-state index contributed by atoms with van der Waals surface area (Å²) in [6, 6.07) is 9.03. The Labute approximate surface area is 151 Å². The third kappa shape index (κ3) is 3.56. The zero-order valence-electron chi connectivity index (χ0n) is 14.3. The number of anilines is 2. The highest BCUT2D eigenvalue weighted by atomic mass is 16.5. The summed E-state index contributed by atoms with van der Waals surface area (Å²) in [5, 5.41) is 6.58. The summed E-state index contributed by atoms with van der Waals surface area (Å²) >= 11 is 0. The molecule has 1 aliphatic rings. The highest BCUT2D eigenvalue weighted by molar-refractivity contribution is 6.02. The Hall–Kier alpha value is -3.22. The zero-order chi connectivity index (χ0) is 17.8. The minimum absolute atomic E-state index is 0.200. The van der Waals surface area contributed by atoms with Crippen molar-refractivity contribution in [3.05, 3.63) is 54.6 Å². The van der Waals surface area contributed by atoms with Gasteiger partial charge in [-0.15, -0.1) is 0 Å². The van der Waals surface area contributed by atoms with Crippen LogP contribution < -0.4 is 10.2 Å². The van der Waals surface area contributed by atoms with E-state index in [4.69, 9.17) is 4.52 Å². The van der Waals surface area contributed by atoms with Crippen molar-refractivity contribution in [3.8, 4) is 11.3 Å². The molecule has 1 aliphatic heterocycles. The van der Waals surface area contributed by atoms with Gasteiger partial charge >= 0.3 is 0 Å². The third-order valence-corrected chi connectivity index (χ3v) is 4.40. The lowest BCUT2D eigenvalue weighted by Crippen LogP contribution is -2.29. The zero-order valence-corrected chi connectivity index (χ0v) is 14.3. The lowest BCUT2D eigenvalue weighted by atomic mass is 10.1. The second-order valence-electron chi connectivity index (χ2n) is 6.22. The molecular weight excluding hydrogens is 330 g/mol. The van der Waals surface area contributed by atoms with Gasteiger partial charge in [0.05, 0.1) is 11.9 Å². The van der Waals surface area contributed by atoms with Gasteiger partial charge in [0.2, 0.25) is 0 Å². The molecule has 0 aliphatic carbocycles. The minimum Gasteiger partial charge on any atom is -0.370 e. The number of hydrogen-bond donors (Lipinski definition) is 1. The summed E-state index contributed by atoms with van der Waals surface area (Å²) in [5.41, 5.74) is 2.05. The molecule has 132 valence electrons. The summed E-state index contributed by atoms with van der Waals surface area (Å²) in [4.78, 5) is 23.0. The predicted molar refractivity (Wildman–Crippen MR) is 98.0 cm³/mol. The van der Waals surface area contributed by atoms with E-state index in [1.165, 1.54) is 19.3 Å². The number of amides is 1. The molecule has 26 heavy (non-hydrogen) atoms. The van der Waals surface area contributed by atoms with Gasteiger partial charge in [0.1, 0.15) is 5.82 Å². The average molecular weight is 349 g/mol. The maximum atomic E-state index is 12.3. The first kappa shape index (κ1) is 16.3. The number of carbonyl (C=O) groups excluding carboxylic acids is 1. The molecule has 0 spiro atoms. The van der Waals surface area contributed by atoms with Crippen molar-refractivity contribution in [2.24, 2.45) is 0 Å². The van der Waals surface area contributed by atoms with Gasteiger partial charge in [-0.25, -0.2) is 4.98 Å². The Morgan fingerprint density at radius 1 is 1.12 bits per heavy atom. The standard InChI is InChI=1S/C19H19N5O2/c25-19(16-11-17(26-23-16)14-5-4-8-20-12-14)22-18-7-6-15(13-21-18)24-9-2-1-3-10-24/h4-8,11-13H,1-3,9-10H2,(H,21,22,25). The van der Waals surface area contributed by atoms with E-state index in [0.29, 0.717) is 11.6 Å². The molecule has 0 bridgehead atoms. The second-order valence-corrected chi connectivity index (χ2v) is 6.22. The molecule has 1 saturated heterocycles. The van der Waals surface area contributed by atoms with E-state index in [1.807, 2.05) is 18.2 Å². The van der Waals surface area contributed by atoms with E-state index in [0.717, 1.165) is 24.3 Å². The first-order valence-corrected chi connectivity index (χ1v) is 8.69. The molecule has 3 aromatic heterocycles. The van der Waals surface area contributed by atoms with E-state index in [2.05, 4.69) is 25.3 Å². The Kier molecular flexibility index (Phi) is 4.59. The number of nitrogens with zero attached hydrogens (tertiary/aromatic N) is 4. The first-order valence-electron chi connectivity index (χ1n) is 8.69. The molecule has 3 aromatic rings. The van der Waals surface area contributed by atoms with Crippen LogP contribution in [-0.2, 0) is 0 Å². The Balaban J connectivity index is 1.42. The predicted octanol–water partition coefficient (Wildman–Crippen LogP) is 3.37. The van der Waals surface area contributed by atoms with E-state index in [9.17, 15) is 4.79 Å². The largest absolute Gasteiger partial charge is 0.370 e. The van der Waals surface area contributed by atoms with Gasteiger partial charge in [0.15, 0.2) is 11.5 Å². The number of hydrogen-bond acceptors (Lipinski definition) is 6. The summed E-state index contributed by atoms with van der Waals surface area (Å²) in [6.45, 7) is 2.12. The lowest BCUT2D eigenvalue weighted by molar-refractivity contribution is 0.101. The fraction of sp³-hybridized carbons (Fsp3) is 0.263. The SMILES string of the molecule is O=C(Nc1ccc(N2CCCCC2)cn1)c1cc(-c2cccnc2)on1. The van der Waals surface area contributed by atoms with Gasteiger partial charge in [-0.05, 0) is 43.5 Å². The number of rotatable bonds is 4. The fourth-order valence-corrected chi connectivity index (χ4v) is 3.01. The van der Waals surface area contributed by atoms with Crippen LogP contribution in [0.3, 0.4) is 0 Å². The molecule has 1 N–H and O–H groups in total. The van der Waals surface area contributed by atoms with Crippen molar-refractivity contribution in [1.82, 2.24) is 15.1 Å². The van der Waals surface area contributed by atoms with Gasteiger partial charge in [-0.3, -0.25) is 9.78 Å². The third-order valence-electron chi connectivity index (χ3n) is 4.40. The fourth-order valence-electron chi connectivity index (χ4n) is 3.01. The van der Waals surface area contributed by atoms with Crippen LogP contribution in [0, 0.1) is 0 Å². The van der Waals surface area contributed by atoms with Gasteiger partial charge in [-0.1, -0.05) is 5.16 Å². The van der Waals surface area contributed by atoms with Crippen LogP contribution in [0.5, 0.6) is 0 Å². The molecule has 7 heteroatoms. The molecule has 1 fully saturated rings. The summed E-state index contributed by atoms with van der Waals surface area (Å²) in [7, 11) is 0. The number of aromatic nitrogens is 3. The maximum Gasteiger partial charge on any atom is 0.279 e. The van der Waals surface area contributed by atoms with Crippen LogP contribution in [0.1, 0.15) is 29.8 Å². The molecule has 0 saturated carbocycles. The minimum atomic E-state index is -0.359.